The second-order valence-corrected chi connectivity index (χ2v) is 4.18. The highest BCUT2D eigenvalue weighted by Gasteiger charge is 2.31. The van der Waals surface area contributed by atoms with Gasteiger partial charge in [-0.3, -0.25) is 10.2 Å². The van der Waals surface area contributed by atoms with Crippen LogP contribution < -0.4 is 16.6 Å². The fourth-order valence-corrected chi connectivity index (χ4v) is 1.67. The van der Waals surface area contributed by atoms with Gasteiger partial charge in [-0.2, -0.15) is 0 Å². The number of hydrogen-bond donors (Lipinski definition) is 3. The van der Waals surface area contributed by atoms with Crippen LogP contribution in [0.15, 0.2) is 0 Å². The van der Waals surface area contributed by atoms with E-state index in [1.807, 2.05) is 13.8 Å². The third-order valence-electron chi connectivity index (χ3n) is 3.08. The third kappa shape index (κ3) is 3.15. The number of ether oxygens (including phenoxy) is 1. The van der Waals surface area contributed by atoms with E-state index in [0.29, 0.717) is 13.0 Å². The summed E-state index contributed by atoms with van der Waals surface area (Å²) in [6.45, 7) is 5.35. The number of carbonyl (C=O) groups is 1. The van der Waals surface area contributed by atoms with Crippen molar-refractivity contribution in [3.05, 3.63) is 0 Å². The molecule has 1 aliphatic heterocycles. The zero-order chi connectivity index (χ0) is 11.3. The molecule has 0 aromatic rings. The first kappa shape index (κ1) is 12.4. The van der Waals surface area contributed by atoms with Crippen molar-refractivity contribution in [2.24, 2.45) is 5.84 Å². The van der Waals surface area contributed by atoms with E-state index >= 15 is 0 Å². The Morgan fingerprint density at radius 2 is 2.40 bits per heavy atom. The van der Waals surface area contributed by atoms with Crippen LogP contribution in [-0.2, 0) is 9.53 Å². The van der Waals surface area contributed by atoms with Crippen molar-refractivity contribution in [1.29, 1.82) is 0 Å². The van der Waals surface area contributed by atoms with Gasteiger partial charge in [-0.25, -0.2) is 5.84 Å². The average Bonchev–Trinajstić information content (AvgIpc) is 2.77. The molecule has 0 radical (unpaired) electrons. The van der Waals surface area contributed by atoms with Crippen LogP contribution in [0.3, 0.4) is 0 Å². The molecule has 0 aliphatic carbocycles. The van der Waals surface area contributed by atoms with E-state index in [9.17, 15) is 4.79 Å². The lowest BCUT2D eigenvalue weighted by Crippen LogP contribution is -2.57. The van der Waals surface area contributed by atoms with Gasteiger partial charge in [0, 0.05) is 13.2 Å². The van der Waals surface area contributed by atoms with Gasteiger partial charge >= 0.3 is 0 Å². The Hall–Kier alpha value is -0.650. The van der Waals surface area contributed by atoms with Crippen LogP contribution in [0.25, 0.3) is 0 Å². The fourth-order valence-electron chi connectivity index (χ4n) is 1.67. The number of nitrogens with one attached hydrogen (secondary N) is 2. The monoisotopic (exact) mass is 215 g/mol. The molecule has 1 amide bonds. The Morgan fingerprint density at radius 3 is 2.87 bits per heavy atom. The van der Waals surface area contributed by atoms with Gasteiger partial charge in [0.1, 0.15) is 0 Å². The van der Waals surface area contributed by atoms with Gasteiger partial charge in [-0.15, -0.1) is 0 Å². The molecular weight excluding hydrogens is 194 g/mol. The average molecular weight is 215 g/mol. The summed E-state index contributed by atoms with van der Waals surface area (Å²) in [6.07, 6.45) is 3.11. The minimum atomic E-state index is -0.597. The maximum Gasteiger partial charge on any atom is 0.253 e. The molecule has 15 heavy (non-hydrogen) atoms. The molecule has 0 saturated carbocycles. The van der Waals surface area contributed by atoms with Gasteiger partial charge < -0.3 is 10.1 Å². The van der Waals surface area contributed by atoms with E-state index in [4.69, 9.17) is 10.6 Å². The van der Waals surface area contributed by atoms with Crippen molar-refractivity contribution < 1.29 is 9.53 Å². The minimum absolute atomic E-state index is 0.178. The normalized spacial score (nSPS) is 24.9. The molecule has 5 nitrogen and oxygen atoms in total. The molecule has 5 heteroatoms. The van der Waals surface area contributed by atoms with Crippen LogP contribution in [0.2, 0.25) is 0 Å². The van der Waals surface area contributed by atoms with Gasteiger partial charge in [-0.1, -0.05) is 6.92 Å². The third-order valence-corrected chi connectivity index (χ3v) is 3.08. The quantitative estimate of drug-likeness (QED) is 0.340. The Balaban J connectivity index is 2.41. The van der Waals surface area contributed by atoms with Crippen LogP contribution in [0.1, 0.15) is 33.1 Å². The Labute approximate surface area is 90.7 Å². The summed E-state index contributed by atoms with van der Waals surface area (Å²) in [5.74, 6) is 4.97. The molecule has 2 atom stereocenters. The maximum absolute atomic E-state index is 11.5. The summed E-state index contributed by atoms with van der Waals surface area (Å²) in [6, 6.07) is 0. The molecular formula is C10H21N3O2. The smallest absolute Gasteiger partial charge is 0.253 e. The van der Waals surface area contributed by atoms with E-state index in [0.717, 1.165) is 19.4 Å². The van der Waals surface area contributed by atoms with Crippen LogP contribution in [0, 0.1) is 0 Å². The fraction of sp³-hybridized carbons (Fsp3) is 0.900. The van der Waals surface area contributed by atoms with Gasteiger partial charge in [0.05, 0.1) is 11.6 Å². The Bertz CT molecular complexity index is 217. The molecule has 1 fully saturated rings. The summed E-state index contributed by atoms with van der Waals surface area (Å²) in [5, 5.41) is 3.22. The number of nitrogens with two attached hydrogens (primary N) is 1. The number of hydrogen-bond acceptors (Lipinski definition) is 4. The molecule has 0 spiro atoms. The molecule has 1 rings (SSSR count). The molecule has 0 bridgehead atoms. The topological polar surface area (TPSA) is 76.4 Å². The van der Waals surface area contributed by atoms with Crippen molar-refractivity contribution >= 4 is 5.91 Å². The summed E-state index contributed by atoms with van der Waals surface area (Å²) in [4.78, 5) is 11.5. The van der Waals surface area contributed by atoms with E-state index in [1.165, 1.54) is 0 Å². The Kier molecular flexibility index (Phi) is 4.50. The molecule has 0 aromatic heterocycles. The molecule has 1 aliphatic rings. The van der Waals surface area contributed by atoms with Crippen LogP contribution in [-0.4, -0.2) is 30.7 Å². The van der Waals surface area contributed by atoms with Crippen molar-refractivity contribution in [3.63, 3.8) is 0 Å². The highest BCUT2D eigenvalue weighted by molar-refractivity contribution is 5.85. The second-order valence-electron chi connectivity index (χ2n) is 4.18. The SMILES string of the molecule is CCC(C)(NCC1CCCO1)C(=O)NN. The van der Waals surface area contributed by atoms with E-state index < -0.39 is 5.54 Å². The lowest BCUT2D eigenvalue weighted by Gasteiger charge is -2.28. The summed E-state index contributed by atoms with van der Waals surface area (Å²) in [7, 11) is 0. The molecule has 2 unspecified atom stereocenters. The van der Waals surface area contributed by atoms with Crippen LogP contribution >= 0.6 is 0 Å². The molecule has 1 heterocycles. The first-order chi connectivity index (χ1) is 7.12. The van der Waals surface area contributed by atoms with E-state index in [2.05, 4.69) is 10.7 Å². The molecule has 1 saturated heterocycles. The molecule has 4 N–H and O–H groups in total. The van der Waals surface area contributed by atoms with Crippen molar-refractivity contribution in [2.75, 3.05) is 13.2 Å². The van der Waals surface area contributed by atoms with Crippen molar-refractivity contribution in [2.45, 2.75) is 44.8 Å². The first-order valence-corrected chi connectivity index (χ1v) is 5.50. The van der Waals surface area contributed by atoms with Crippen molar-refractivity contribution in [1.82, 2.24) is 10.7 Å². The van der Waals surface area contributed by atoms with E-state index in [-0.39, 0.29) is 12.0 Å². The zero-order valence-corrected chi connectivity index (χ0v) is 9.51. The molecule has 88 valence electrons. The zero-order valence-electron chi connectivity index (χ0n) is 9.51. The van der Waals surface area contributed by atoms with Crippen molar-refractivity contribution in [3.8, 4) is 0 Å². The highest BCUT2D eigenvalue weighted by atomic mass is 16.5. The maximum atomic E-state index is 11.5. The minimum Gasteiger partial charge on any atom is -0.377 e. The number of rotatable bonds is 5. The number of hydrazine groups is 1. The standard InChI is InChI=1S/C10H21N3O2/c1-3-10(2,9(14)13-11)12-7-8-5-4-6-15-8/h8,12H,3-7,11H2,1-2H3,(H,13,14). The summed E-state index contributed by atoms with van der Waals surface area (Å²) >= 11 is 0. The lowest BCUT2D eigenvalue weighted by atomic mass is 9.97. The lowest BCUT2D eigenvalue weighted by molar-refractivity contribution is -0.127. The highest BCUT2D eigenvalue weighted by Crippen LogP contribution is 2.14. The van der Waals surface area contributed by atoms with Crippen LogP contribution in [0.4, 0.5) is 0 Å². The van der Waals surface area contributed by atoms with Gasteiger partial charge in [0.25, 0.3) is 5.91 Å². The van der Waals surface area contributed by atoms with Gasteiger partial charge in [-0.05, 0) is 26.2 Å². The number of carbonyl (C=O) groups excluding carboxylic acids is 1. The van der Waals surface area contributed by atoms with Crippen LogP contribution in [0.5, 0.6) is 0 Å². The second kappa shape index (κ2) is 5.44. The Morgan fingerprint density at radius 1 is 1.67 bits per heavy atom. The predicted molar refractivity (Wildman–Crippen MR) is 58.0 cm³/mol. The largest absolute Gasteiger partial charge is 0.377 e. The predicted octanol–water partition coefficient (Wildman–Crippen LogP) is -0.0864. The first-order valence-electron chi connectivity index (χ1n) is 5.50. The summed E-state index contributed by atoms with van der Waals surface area (Å²) in [5.41, 5.74) is 1.59. The summed E-state index contributed by atoms with van der Waals surface area (Å²) < 4.78 is 5.48. The van der Waals surface area contributed by atoms with Gasteiger partial charge in [0.2, 0.25) is 0 Å². The van der Waals surface area contributed by atoms with E-state index in [1.54, 1.807) is 0 Å². The molecule has 0 aromatic carbocycles. The number of amides is 1. The van der Waals surface area contributed by atoms with Gasteiger partial charge in [0.15, 0.2) is 0 Å².